The molecule has 15 heavy (non-hydrogen) atoms. The molecule has 0 aliphatic rings. The third kappa shape index (κ3) is 2.86. The third-order valence-electron chi connectivity index (χ3n) is 1.95. The van der Waals surface area contributed by atoms with Crippen molar-refractivity contribution < 1.29 is 37.8 Å². The van der Waals surface area contributed by atoms with Gasteiger partial charge in [-0.15, -0.1) is 0 Å². The fourth-order valence-corrected chi connectivity index (χ4v) is 1.29. The molecule has 0 aliphatic heterocycles. The van der Waals surface area contributed by atoms with Crippen LogP contribution < -0.4 is 0 Å². The van der Waals surface area contributed by atoms with Gasteiger partial charge in [0.25, 0.3) is 0 Å². The molecule has 0 aliphatic carbocycles. The van der Waals surface area contributed by atoms with Crippen LogP contribution >= 0.6 is 0 Å². The smallest absolute Gasteiger partial charge is 0.124 e. The predicted molar refractivity (Wildman–Crippen MR) is 54.7 cm³/mol. The second-order valence-electron chi connectivity index (χ2n) is 2.96. The second kappa shape index (κ2) is 5.38. The Labute approximate surface area is 114 Å². The maximum absolute atomic E-state index is 9.57. The van der Waals surface area contributed by atoms with Crippen molar-refractivity contribution in [1.29, 1.82) is 0 Å². The molecule has 2 aromatic rings. The Hall–Kier alpha value is -0.726. The molecule has 1 aromatic carbocycles. The summed E-state index contributed by atoms with van der Waals surface area (Å²) in [4.78, 5) is 4.12. The van der Waals surface area contributed by atoms with Gasteiger partial charge in [-0.2, -0.15) is 0 Å². The van der Waals surface area contributed by atoms with E-state index in [1.165, 1.54) is 0 Å². The minimum absolute atomic E-state index is 0. The minimum atomic E-state index is 0. The van der Waals surface area contributed by atoms with Crippen LogP contribution in [0.25, 0.3) is 11.3 Å². The number of phenolic OH excluding ortho intramolecular Hbond substituents is 1. The number of rotatable bonds is 1. The van der Waals surface area contributed by atoms with Crippen molar-refractivity contribution in [2.75, 3.05) is 0 Å². The van der Waals surface area contributed by atoms with Crippen LogP contribution in [0.5, 0.6) is 5.75 Å². The predicted octanol–water partition coefficient (Wildman–Crippen LogP) is 2.51. The summed E-state index contributed by atoms with van der Waals surface area (Å²) in [6, 6.07) is 12.4. The minimum Gasteiger partial charge on any atom is -0.507 e. The molecule has 2 nitrogen and oxygen atoms in total. The van der Waals surface area contributed by atoms with Gasteiger partial charge in [-0.1, -0.05) is 18.2 Å². The number of aromatic hydroxyl groups is 1. The fourth-order valence-electron chi connectivity index (χ4n) is 1.29. The number of pyridine rings is 1. The molecule has 3 heteroatoms. The number of phenols is 1. The molecule has 0 spiro atoms. The summed E-state index contributed by atoms with van der Waals surface area (Å²) in [6.45, 7) is 5.55. The van der Waals surface area contributed by atoms with Crippen molar-refractivity contribution in [2.24, 2.45) is 0 Å². The maximum Gasteiger partial charge on any atom is 0.124 e. The number of hydrogen-bond donors (Lipinski definition) is 1. The Bertz CT molecular complexity index is 457. The SMILES string of the molecule is [CH]c1cccc(-c2ccccc2O)n1.[Y]. The van der Waals surface area contributed by atoms with E-state index in [2.05, 4.69) is 4.98 Å². The number of aromatic nitrogens is 1. The van der Waals surface area contributed by atoms with Crippen molar-refractivity contribution in [3.63, 3.8) is 0 Å². The standard InChI is InChI=1S/C12H9NO.Y/c1-9-5-4-7-11(13-9)10-6-2-3-8-12(10)14;/h1-8,14H;. The van der Waals surface area contributed by atoms with Crippen LogP contribution in [-0.4, -0.2) is 10.1 Å². The summed E-state index contributed by atoms with van der Waals surface area (Å²) >= 11 is 0. The summed E-state index contributed by atoms with van der Waals surface area (Å²) < 4.78 is 0. The molecular weight excluding hydrogens is 263 g/mol. The zero-order chi connectivity index (χ0) is 9.97. The summed E-state index contributed by atoms with van der Waals surface area (Å²) in [5.74, 6) is 0.214. The van der Waals surface area contributed by atoms with Gasteiger partial charge in [-0.25, -0.2) is 0 Å². The molecule has 0 saturated heterocycles. The van der Waals surface area contributed by atoms with E-state index in [0.29, 0.717) is 17.0 Å². The van der Waals surface area contributed by atoms with Gasteiger partial charge >= 0.3 is 0 Å². The van der Waals surface area contributed by atoms with Crippen LogP contribution in [-0.2, 0) is 32.7 Å². The number of hydrogen-bond acceptors (Lipinski definition) is 2. The molecule has 0 amide bonds. The molecule has 0 atom stereocenters. The molecule has 3 radical (unpaired) electrons. The van der Waals surface area contributed by atoms with Crippen LogP contribution in [0.3, 0.4) is 0 Å². The Morgan fingerprint density at radius 2 is 1.73 bits per heavy atom. The van der Waals surface area contributed by atoms with Gasteiger partial charge in [0.2, 0.25) is 0 Å². The van der Waals surface area contributed by atoms with Gasteiger partial charge in [0.15, 0.2) is 0 Å². The summed E-state index contributed by atoms with van der Waals surface area (Å²) in [7, 11) is 0. The first-order valence-electron chi connectivity index (χ1n) is 4.28. The van der Waals surface area contributed by atoms with Crippen molar-refractivity contribution in [3.8, 4) is 17.0 Å². The van der Waals surface area contributed by atoms with E-state index in [9.17, 15) is 5.11 Å². The van der Waals surface area contributed by atoms with Gasteiger partial charge in [-0.3, -0.25) is 4.98 Å². The van der Waals surface area contributed by atoms with E-state index < -0.39 is 0 Å². The molecule has 2 rings (SSSR count). The van der Waals surface area contributed by atoms with Crippen molar-refractivity contribution in [2.45, 2.75) is 0 Å². The molecular formula is C12H9NOY. The zero-order valence-corrected chi connectivity index (χ0v) is 10.9. The van der Waals surface area contributed by atoms with E-state index >= 15 is 0 Å². The van der Waals surface area contributed by atoms with Gasteiger partial charge in [0.1, 0.15) is 5.75 Å². The molecule has 0 bridgehead atoms. The number of benzene rings is 1. The first-order chi connectivity index (χ1) is 6.77. The quantitative estimate of drug-likeness (QED) is 0.865. The van der Waals surface area contributed by atoms with Crippen molar-refractivity contribution >= 4 is 0 Å². The van der Waals surface area contributed by atoms with Gasteiger partial charge in [0, 0.05) is 50.9 Å². The Balaban J connectivity index is 0.00000112. The van der Waals surface area contributed by atoms with Crippen LogP contribution in [0, 0.1) is 6.92 Å². The molecule has 0 saturated carbocycles. The van der Waals surface area contributed by atoms with Crippen LogP contribution in [0.2, 0.25) is 0 Å². The van der Waals surface area contributed by atoms with Crippen LogP contribution in [0.1, 0.15) is 5.69 Å². The van der Waals surface area contributed by atoms with Crippen molar-refractivity contribution in [1.82, 2.24) is 4.98 Å². The van der Waals surface area contributed by atoms with Crippen LogP contribution in [0.4, 0.5) is 0 Å². The summed E-state index contributed by atoms with van der Waals surface area (Å²) in [6.07, 6.45) is 0. The molecule has 71 valence electrons. The molecule has 0 unspecified atom stereocenters. The first kappa shape index (κ1) is 12.3. The Morgan fingerprint density at radius 1 is 1.00 bits per heavy atom. The molecule has 1 aromatic heterocycles. The molecule has 1 heterocycles. The second-order valence-corrected chi connectivity index (χ2v) is 2.96. The first-order valence-corrected chi connectivity index (χ1v) is 4.28. The average Bonchev–Trinajstić information content (AvgIpc) is 2.18. The van der Waals surface area contributed by atoms with E-state index in [-0.39, 0.29) is 38.5 Å². The van der Waals surface area contributed by atoms with E-state index in [0.717, 1.165) is 0 Å². The van der Waals surface area contributed by atoms with Crippen LogP contribution in [0.15, 0.2) is 42.5 Å². The maximum atomic E-state index is 9.57. The van der Waals surface area contributed by atoms with E-state index in [1.54, 1.807) is 24.3 Å². The topological polar surface area (TPSA) is 33.1 Å². The molecule has 0 fully saturated rings. The summed E-state index contributed by atoms with van der Waals surface area (Å²) in [5, 5.41) is 9.57. The summed E-state index contributed by atoms with van der Waals surface area (Å²) in [5.41, 5.74) is 1.83. The monoisotopic (exact) mass is 272 g/mol. The largest absolute Gasteiger partial charge is 0.507 e. The van der Waals surface area contributed by atoms with E-state index in [4.69, 9.17) is 6.92 Å². The fraction of sp³-hybridized carbons (Fsp3) is 0. The van der Waals surface area contributed by atoms with Gasteiger partial charge < -0.3 is 5.11 Å². The Morgan fingerprint density at radius 3 is 2.40 bits per heavy atom. The number of nitrogens with zero attached hydrogens (tertiary/aromatic N) is 1. The molecule has 1 N–H and O–H groups in total. The number of para-hydroxylation sites is 1. The van der Waals surface area contributed by atoms with Gasteiger partial charge in [0.05, 0.1) is 5.69 Å². The normalized spacial score (nSPS) is 9.40. The van der Waals surface area contributed by atoms with E-state index in [1.807, 2.05) is 18.2 Å². The average molecular weight is 272 g/mol. The van der Waals surface area contributed by atoms with Crippen molar-refractivity contribution in [3.05, 3.63) is 55.1 Å². The third-order valence-corrected chi connectivity index (χ3v) is 1.95. The van der Waals surface area contributed by atoms with Gasteiger partial charge in [-0.05, 0) is 24.3 Å². The zero-order valence-electron chi connectivity index (χ0n) is 8.09. The Kier molecular flexibility index (Phi) is 4.43.